The SMILES string of the molecule is O=C(NC1CC1)[C@H]1C[NH+]2CC[C@@H]1C[C@@H]2Cn1cc(C2(O)CCCCC2)nn1. The Morgan fingerprint density at radius 2 is 2.11 bits per heavy atom. The molecule has 2 bridgehead atoms. The quantitative estimate of drug-likeness (QED) is 0.678. The highest BCUT2D eigenvalue weighted by molar-refractivity contribution is 5.79. The molecule has 2 saturated carbocycles. The van der Waals surface area contributed by atoms with E-state index in [-0.39, 0.29) is 5.92 Å². The number of aliphatic hydroxyl groups is 1. The molecule has 0 spiro atoms. The molecular formula is C20H32N5O2+. The highest BCUT2D eigenvalue weighted by atomic mass is 16.3. The predicted molar refractivity (Wildman–Crippen MR) is 98.9 cm³/mol. The minimum absolute atomic E-state index is 0.194. The number of nitrogens with one attached hydrogen (secondary N) is 2. The van der Waals surface area contributed by atoms with Gasteiger partial charge in [0.25, 0.3) is 0 Å². The molecule has 7 nitrogen and oxygen atoms in total. The van der Waals surface area contributed by atoms with Gasteiger partial charge in [-0.2, -0.15) is 0 Å². The van der Waals surface area contributed by atoms with E-state index in [1.807, 2.05) is 10.9 Å². The van der Waals surface area contributed by atoms with Crippen molar-refractivity contribution in [1.82, 2.24) is 20.3 Å². The van der Waals surface area contributed by atoms with Crippen molar-refractivity contribution in [3.63, 3.8) is 0 Å². The van der Waals surface area contributed by atoms with E-state index in [9.17, 15) is 9.90 Å². The first kappa shape index (κ1) is 17.6. The van der Waals surface area contributed by atoms with Gasteiger partial charge in [0.1, 0.15) is 17.3 Å². The van der Waals surface area contributed by atoms with Crippen LogP contribution in [-0.4, -0.2) is 51.2 Å². The summed E-state index contributed by atoms with van der Waals surface area (Å²) in [4.78, 5) is 14.1. The number of carbonyl (C=O) groups excluding carboxylic acids is 1. The summed E-state index contributed by atoms with van der Waals surface area (Å²) in [5.74, 6) is 0.998. The number of nitrogens with zero attached hydrogens (tertiary/aromatic N) is 3. The first-order chi connectivity index (χ1) is 13.1. The van der Waals surface area contributed by atoms with Crippen molar-refractivity contribution < 1.29 is 14.8 Å². The molecule has 148 valence electrons. The molecule has 0 radical (unpaired) electrons. The van der Waals surface area contributed by atoms with Crippen LogP contribution in [0.1, 0.15) is 63.5 Å². The van der Waals surface area contributed by atoms with Crippen molar-refractivity contribution in [2.45, 2.75) is 82.0 Å². The number of hydrogen-bond acceptors (Lipinski definition) is 4. The summed E-state index contributed by atoms with van der Waals surface area (Å²) < 4.78 is 1.93. The lowest BCUT2D eigenvalue weighted by Gasteiger charge is -2.46. The monoisotopic (exact) mass is 374 g/mol. The average molecular weight is 375 g/mol. The maximum absolute atomic E-state index is 12.5. The number of carbonyl (C=O) groups is 1. The Bertz CT molecular complexity index is 694. The van der Waals surface area contributed by atoms with Crippen LogP contribution < -0.4 is 10.2 Å². The summed E-state index contributed by atoms with van der Waals surface area (Å²) in [6.45, 7) is 2.96. The summed E-state index contributed by atoms with van der Waals surface area (Å²) in [5.41, 5.74) is -0.0313. The summed E-state index contributed by atoms with van der Waals surface area (Å²) in [6.07, 6.45) is 11.5. The molecule has 3 N–H and O–H groups in total. The molecule has 5 aliphatic rings. The number of hydrogen-bond donors (Lipinski definition) is 3. The van der Waals surface area contributed by atoms with Gasteiger partial charge >= 0.3 is 0 Å². The molecule has 1 unspecified atom stereocenters. The molecule has 5 fully saturated rings. The lowest BCUT2D eigenvalue weighted by molar-refractivity contribution is -0.945. The van der Waals surface area contributed by atoms with Gasteiger partial charge in [-0.1, -0.05) is 24.5 Å². The third-order valence-corrected chi connectivity index (χ3v) is 7.42. The van der Waals surface area contributed by atoms with Gasteiger partial charge in [0.15, 0.2) is 0 Å². The zero-order valence-electron chi connectivity index (χ0n) is 16.1. The van der Waals surface area contributed by atoms with Crippen LogP contribution in [0.15, 0.2) is 6.20 Å². The van der Waals surface area contributed by atoms with Crippen molar-refractivity contribution >= 4 is 5.91 Å². The van der Waals surface area contributed by atoms with E-state index in [2.05, 4.69) is 15.6 Å². The predicted octanol–water partition coefficient (Wildman–Crippen LogP) is 0.00170. The summed E-state index contributed by atoms with van der Waals surface area (Å²) in [6, 6.07) is 0.960. The Labute approximate surface area is 160 Å². The van der Waals surface area contributed by atoms with Gasteiger partial charge in [-0.3, -0.25) is 4.79 Å². The third kappa shape index (κ3) is 3.51. The second kappa shape index (κ2) is 6.85. The van der Waals surface area contributed by atoms with Crippen LogP contribution in [0.3, 0.4) is 0 Å². The molecule has 0 aromatic carbocycles. The van der Waals surface area contributed by atoms with E-state index in [1.54, 1.807) is 4.90 Å². The Morgan fingerprint density at radius 3 is 2.81 bits per heavy atom. The van der Waals surface area contributed by atoms with Crippen molar-refractivity contribution in [3.8, 4) is 0 Å². The normalized spacial score (nSPS) is 35.1. The molecular weight excluding hydrogens is 342 g/mol. The molecule has 1 amide bonds. The molecule has 1 aromatic rings. The van der Waals surface area contributed by atoms with Crippen LogP contribution in [-0.2, 0) is 16.9 Å². The molecule has 4 atom stereocenters. The third-order valence-electron chi connectivity index (χ3n) is 7.42. The number of aromatic nitrogens is 3. The first-order valence-corrected chi connectivity index (χ1v) is 10.9. The van der Waals surface area contributed by atoms with Gasteiger partial charge in [-0.05, 0) is 31.6 Å². The zero-order valence-corrected chi connectivity index (χ0v) is 16.1. The molecule has 1 aromatic heterocycles. The summed E-state index contributed by atoms with van der Waals surface area (Å²) in [5, 5.41) is 22.7. The van der Waals surface area contributed by atoms with Crippen LogP contribution in [0, 0.1) is 11.8 Å². The Kier molecular flexibility index (Phi) is 4.47. The zero-order chi connectivity index (χ0) is 18.4. The second-order valence-electron chi connectivity index (χ2n) is 9.40. The van der Waals surface area contributed by atoms with Crippen LogP contribution in [0.5, 0.6) is 0 Å². The van der Waals surface area contributed by atoms with E-state index >= 15 is 0 Å². The van der Waals surface area contributed by atoms with Crippen LogP contribution in [0.2, 0.25) is 0 Å². The van der Waals surface area contributed by atoms with Gasteiger partial charge in [0, 0.05) is 18.9 Å². The summed E-state index contributed by atoms with van der Waals surface area (Å²) >= 11 is 0. The molecule has 7 heteroatoms. The smallest absolute Gasteiger partial charge is 0.229 e. The number of fused-ring (bicyclic) bond motifs is 3. The fourth-order valence-electron chi connectivity index (χ4n) is 5.57. The molecule has 4 heterocycles. The van der Waals surface area contributed by atoms with Crippen LogP contribution in [0.4, 0.5) is 0 Å². The molecule has 2 aliphatic carbocycles. The Morgan fingerprint density at radius 1 is 1.30 bits per heavy atom. The van der Waals surface area contributed by atoms with Crippen LogP contribution >= 0.6 is 0 Å². The highest BCUT2D eigenvalue weighted by Gasteiger charge is 2.47. The lowest BCUT2D eigenvalue weighted by atomic mass is 9.75. The fourth-order valence-corrected chi connectivity index (χ4v) is 5.57. The van der Waals surface area contributed by atoms with E-state index in [4.69, 9.17) is 0 Å². The van der Waals surface area contributed by atoms with E-state index in [0.29, 0.717) is 23.9 Å². The molecule has 3 aliphatic heterocycles. The Hall–Kier alpha value is -1.47. The van der Waals surface area contributed by atoms with E-state index in [1.165, 1.54) is 6.42 Å². The maximum Gasteiger partial charge on any atom is 0.229 e. The molecule has 6 rings (SSSR count). The minimum Gasteiger partial charge on any atom is -0.383 e. The average Bonchev–Trinajstić information content (AvgIpc) is 3.37. The van der Waals surface area contributed by atoms with Crippen molar-refractivity contribution in [2.75, 3.05) is 13.1 Å². The topological polar surface area (TPSA) is 84.5 Å². The van der Waals surface area contributed by atoms with E-state index in [0.717, 1.165) is 76.7 Å². The van der Waals surface area contributed by atoms with Crippen molar-refractivity contribution in [1.29, 1.82) is 0 Å². The van der Waals surface area contributed by atoms with Gasteiger partial charge in [-0.25, -0.2) is 4.68 Å². The number of piperidine rings is 3. The number of quaternary nitrogens is 1. The molecule has 27 heavy (non-hydrogen) atoms. The van der Waals surface area contributed by atoms with Gasteiger partial charge in [-0.15, -0.1) is 5.10 Å². The Balaban J connectivity index is 1.22. The van der Waals surface area contributed by atoms with Crippen molar-refractivity contribution in [3.05, 3.63) is 11.9 Å². The van der Waals surface area contributed by atoms with Gasteiger partial charge in [0.2, 0.25) is 5.91 Å². The van der Waals surface area contributed by atoms with Gasteiger partial charge < -0.3 is 15.3 Å². The lowest BCUT2D eigenvalue weighted by Crippen LogP contribution is -3.20. The number of amides is 1. The summed E-state index contributed by atoms with van der Waals surface area (Å²) in [7, 11) is 0. The first-order valence-electron chi connectivity index (χ1n) is 10.9. The highest BCUT2D eigenvalue weighted by Crippen LogP contribution is 2.35. The molecule has 3 saturated heterocycles. The van der Waals surface area contributed by atoms with Gasteiger partial charge in [0.05, 0.1) is 31.7 Å². The van der Waals surface area contributed by atoms with Crippen molar-refractivity contribution in [2.24, 2.45) is 11.8 Å². The second-order valence-corrected chi connectivity index (χ2v) is 9.40. The largest absolute Gasteiger partial charge is 0.383 e. The number of rotatable bonds is 5. The standard InChI is InChI=1S/C20H31N5O2/c26-19(21-15-4-5-15)17-12-24-9-6-14(17)10-16(24)11-25-13-18(22-23-25)20(27)7-2-1-3-8-20/h13-17,27H,1-12H2,(H,21,26)/p+1/t14-,16-,17+/m1/s1. The fraction of sp³-hybridized carbons (Fsp3) is 0.850. The van der Waals surface area contributed by atoms with E-state index < -0.39 is 5.60 Å². The minimum atomic E-state index is -0.777. The maximum atomic E-state index is 12.5. The van der Waals surface area contributed by atoms with Crippen LogP contribution in [0.25, 0.3) is 0 Å².